The zero-order valence-electron chi connectivity index (χ0n) is 13.8. The first kappa shape index (κ1) is 16.1. The van der Waals surface area contributed by atoms with Gasteiger partial charge in [-0.3, -0.25) is 9.59 Å². The maximum atomic E-state index is 12.2. The van der Waals surface area contributed by atoms with E-state index in [4.69, 9.17) is 0 Å². The van der Waals surface area contributed by atoms with Crippen LogP contribution >= 0.6 is 0 Å². The predicted octanol–water partition coefficient (Wildman–Crippen LogP) is 3.25. The van der Waals surface area contributed by atoms with Gasteiger partial charge in [-0.2, -0.15) is 0 Å². The van der Waals surface area contributed by atoms with Crippen molar-refractivity contribution in [2.45, 2.75) is 26.3 Å². The first-order chi connectivity index (χ1) is 11.5. The van der Waals surface area contributed by atoms with Crippen molar-refractivity contribution < 1.29 is 9.59 Å². The van der Waals surface area contributed by atoms with Gasteiger partial charge in [0.2, 0.25) is 5.91 Å². The van der Waals surface area contributed by atoms with Crippen molar-refractivity contribution in [3.8, 4) is 11.1 Å². The maximum Gasteiger partial charge on any atom is 0.251 e. The molecule has 124 valence electrons. The molecule has 5 nitrogen and oxygen atoms in total. The molecule has 3 N–H and O–H groups in total. The van der Waals surface area contributed by atoms with Crippen LogP contribution in [0.15, 0.2) is 42.5 Å². The summed E-state index contributed by atoms with van der Waals surface area (Å²) < 4.78 is 0. The van der Waals surface area contributed by atoms with Gasteiger partial charge in [-0.25, -0.2) is 0 Å². The minimum atomic E-state index is -0.0878. The molecular weight excluding hydrogens is 302 g/mol. The van der Waals surface area contributed by atoms with Gasteiger partial charge in [0.25, 0.3) is 5.91 Å². The van der Waals surface area contributed by atoms with E-state index in [1.807, 2.05) is 50.2 Å². The molecule has 0 spiro atoms. The topological polar surface area (TPSA) is 70.2 Å². The van der Waals surface area contributed by atoms with E-state index in [2.05, 4.69) is 16.0 Å². The van der Waals surface area contributed by atoms with Crippen LogP contribution in [0.3, 0.4) is 0 Å². The van der Waals surface area contributed by atoms with Crippen LogP contribution in [0.2, 0.25) is 0 Å². The average molecular weight is 323 g/mol. The third-order valence-corrected chi connectivity index (χ3v) is 3.85. The summed E-state index contributed by atoms with van der Waals surface area (Å²) in [4.78, 5) is 24.0. The van der Waals surface area contributed by atoms with Gasteiger partial charge in [0, 0.05) is 30.1 Å². The third kappa shape index (κ3) is 3.40. The van der Waals surface area contributed by atoms with Crippen LogP contribution in [0.5, 0.6) is 0 Å². The summed E-state index contributed by atoms with van der Waals surface area (Å²) in [5.41, 5.74) is 4.19. The Balaban J connectivity index is 2.00. The van der Waals surface area contributed by atoms with Crippen molar-refractivity contribution in [3.05, 3.63) is 48.0 Å². The normalized spacial score (nSPS) is 13.5. The van der Waals surface area contributed by atoms with Gasteiger partial charge in [0.05, 0.1) is 11.4 Å². The molecule has 1 heterocycles. The summed E-state index contributed by atoms with van der Waals surface area (Å²) in [6.07, 6.45) is 0.435. The summed E-state index contributed by atoms with van der Waals surface area (Å²) in [5.74, 6) is -0.0846. The molecule has 0 fully saturated rings. The molecule has 5 heteroatoms. The lowest BCUT2D eigenvalue weighted by Crippen LogP contribution is -2.30. The average Bonchev–Trinajstić information content (AvgIpc) is 2.74. The molecule has 2 aromatic rings. The lowest BCUT2D eigenvalue weighted by molar-refractivity contribution is -0.115. The predicted molar refractivity (Wildman–Crippen MR) is 96.2 cm³/mol. The molecule has 0 saturated heterocycles. The SMILES string of the molecule is CC(C)NC(=O)c1cccc(-c2cccc3c2NCCC(=O)N3)c1. The van der Waals surface area contributed by atoms with Crippen molar-refractivity contribution in [3.63, 3.8) is 0 Å². The van der Waals surface area contributed by atoms with Gasteiger partial charge in [0.15, 0.2) is 0 Å². The Hall–Kier alpha value is -2.82. The van der Waals surface area contributed by atoms with E-state index in [0.29, 0.717) is 18.5 Å². The summed E-state index contributed by atoms with van der Waals surface area (Å²) >= 11 is 0. The molecular formula is C19H21N3O2. The maximum absolute atomic E-state index is 12.2. The third-order valence-electron chi connectivity index (χ3n) is 3.85. The van der Waals surface area contributed by atoms with Gasteiger partial charge in [-0.05, 0) is 37.6 Å². The number of anilines is 2. The zero-order chi connectivity index (χ0) is 17.1. The molecule has 0 aromatic heterocycles. The van der Waals surface area contributed by atoms with E-state index < -0.39 is 0 Å². The number of benzene rings is 2. The second-order valence-electron chi connectivity index (χ2n) is 6.16. The molecule has 0 unspecified atom stereocenters. The Morgan fingerprint density at radius 2 is 1.96 bits per heavy atom. The Kier molecular flexibility index (Phi) is 4.51. The van der Waals surface area contributed by atoms with E-state index in [0.717, 1.165) is 22.5 Å². The van der Waals surface area contributed by atoms with E-state index in [-0.39, 0.29) is 17.9 Å². The largest absolute Gasteiger partial charge is 0.382 e. The van der Waals surface area contributed by atoms with Crippen molar-refractivity contribution in [2.75, 3.05) is 17.2 Å². The van der Waals surface area contributed by atoms with Gasteiger partial charge in [-0.1, -0.05) is 24.3 Å². The number of para-hydroxylation sites is 1. The molecule has 1 aliphatic rings. The summed E-state index contributed by atoms with van der Waals surface area (Å²) in [6.45, 7) is 4.46. The second-order valence-corrected chi connectivity index (χ2v) is 6.16. The van der Waals surface area contributed by atoms with Crippen molar-refractivity contribution in [1.82, 2.24) is 5.32 Å². The molecule has 3 rings (SSSR count). The van der Waals surface area contributed by atoms with E-state index in [9.17, 15) is 9.59 Å². The number of fused-ring (bicyclic) bond motifs is 1. The lowest BCUT2D eigenvalue weighted by Gasteiger charge is -2.15. The number of carbonyl (C=O) groups excluding carboxylic acids is 2. The Morgan fingerprint density at radius 3 is 2.75 bits per heavy atom. The summed E-state index contributed by atoms with van der Waals surface area (Å²) in [5, 5.41) is 9.14. The highest BCUT2D eigenvalue weighted by atomic mass is 16.2. The van der Waals surface area contributed by atoms with Crippen LogP contribution in [-0.4, -0.2) is 24.4 Å². The van der Waals surface area contributed by atoms with Crippen LogP contribution < -0.4 is 16.0 Å². The van der Waals surface area contributed by atoms with Crippen molar-refractivity contribution in [2.24, 2.45) is 0 Å². The van der Waals surface area contributed by atoms with Crippen LogP contribution in [-0.2, 0) is 4.79 Å². The zero-order valence-corrected chi connectivity index (χ0v) is 13.8. The van der Waals surface area contributed by atoms with Crippen LogP contribution in [0.25, 0.3) is 11.1 Å². The molecule has 2 amide bonds. The fourth-order valence-electron chi connectivity index (χ4n) is 2.77. The highest BCUT2D eigenvalue weighted by Crippen LogP contribution is 2.35. The molecule has 0 saturated carbocycles. The molecule has 0 radical (unpaired) electrons. The van der Waals surface area contributed by atoms with Gasteiger partial charge >= 0.3 is 0 Å². The number of hydrogen-bond donors (Lipinski definition) is 3. The minimum Gasteiger partial charge on any atom is -0.382 e. The van der Waals surface area contributed by atoms with Crippen molar-refractivity contribution in [1.29, 1.82) is 0 Å². The quantitative estimate of drug-likeness (QED) is 0.812. The highest BCUT2D eigenvalue weighted by Gasteiger charge is 2.17. The molecule has 0 atom stereocenters. The minimum absolute atomic E-state index is 0.00321. The smallest absolute Gasteiger partial charge is 0.251 e. The summed E-state index contributed by atoms with van der Waals surface area (Å²) in [6, 6.07) is 13.4. The molecule has 1 aliphatic heterocycles. The fraction of sp³-hybridized carbons (Fsp3) is 0.263. The number of nitrogens with one attached hydrogen (secondary N) is 3. The Bertz CT molecular complexity index is 784. The van der Waals surface area contributed by atoms with Gasteiger partial charge < -0.3 is 16.0 Å². The van der Waals surface area contributed by atoms with E-state index in [1.54, 1.807) is 6.07 Å². The molecule has 2 aromatic carbocycles. The molecule has 24 heavy (non-hydrogen) atoms. The lowest BCUT2D eigenvalue weighted by atomic mass is 10.00. The number of amides is 2. The first-order valence-corrected chi connectivity index (χ1v) is 8.12. The first-order valence-electron chi connectivity index (χ1n) is 8.12. The van der Waals surface area contributed by atoms with E-state index in [1.165, 1.54) is 0 Å². The number of hydrogen-bond acceptors (Lipinski definition) is 3. The number of carbonyl (C=O) groups is 2. The Morgan fingerprint density at radius 1 is 1.17 bits per heavy atom. The second kappa shape index (κ2) is 6.74. The Labute approximate surface area is 141 Å². The van der Waals surface area contributed by atoms with Gasteiger partial charge in [0.1, 0.15) is 0 Å². The fourth-order valence-corrected chi connectivity index (χ4v) is 2.77. The highest BCUT2D eigenvalue weighted by molar-refractivity contribution is 6.01. The monoisotopic (exact) mass is 323 g/mol. The standard InChI is InChI=1S/C19H21N3O2/c1-12(2)21-19(24)14-6-3-5-13(11-14)15-7-4-8-16-18(15)20-10-9-17(23)22-16/h3-8,11-12,20H,9-10H2,1-2H3,(H,21,24)(H,22,23). The van der Waals surface area contributed by atoms with Crippen LogP contribution in [0.4, 0.5) is 11.4 Å². The van der Waals surface area contributed by atoms with Gasteiger partial charge in [-0.15, -0.1) is 0 Å². The summed E-state index contributed by atoms with van der Waals surface area (Å²) in [7, 11) is 0. The number of rotatable bonds is 3. The van der Waals surface area contributed by atoms with Crippen LogP contribution in [0.1, 0.15) is 30.6 Å². The van der Waals surface area contributed by atoms with Crippen molar-refractivity contribution >= 4 is 23.2 Å². The molecule has 0 aliphatic carbocycles. The molecule has 0 bridgehead atoms. The van der Waals surface area contributed by atoms with Crippen LogP contribution in [0, 0.1) is 0 Å². The van der Waals surface area contributed by atoms with E-state index >= 15 is 0 Å².